The van der Waals surface area contributed by atoms with E-state index in [0.29, 0.717) is 17.4 Å². The highest BCUT2D eigenvalue weighted by atomic mass is 19.1. The molecule has 1 spiro atoms. The largest absolute Gasteiger partial charge is 0.316 e. The van der Waals surface area contributed by atoms with E-state index in [1.165, 1.54) is 18.4 Å². The number of nitrogens with one attached hydrogen (secondary N) is 1. The molecule has 0 aromatic heterocycles. The number of halogens is 1. The van der Waals surface area contributed by atoms with Crippen molar-refractivity contribution in [3.63, 3.8) is 0 Å². The summed E-state index contributed by atoms with van der Waals surface area (Å²) in [5.74, 6) is 0.368. The molecule has 2 saturated heterocycles. The summed E-state index contributed by atoms with van der Waals surface area (Å²) in [6, 6.07) is 7.79. The molecule has 0 saturated carbocycles. The number of nitrogens with zero attached hydrogens (tertiary/aromatic N) is 1. The van der Waals surface area contributed by atoms with Gasteiger partial charge in [-0.05, 0) is 56.5 Å². The molecule has 0 aliphatic carbocycles. The second kappa shape index (κ2) is 4.88. The van der Waals surface area contributed by atoms with Crippen LogP contribution < -0.4 is 5.32 Å². The summed E-state index contributed by atoms with van der Waals surface area (Å²) in [4.78, 5) is 2.47. The van der Waals surface area contributed by atoms with E-state index in [0.717, 1.165) is 19.6 Å². The van der Waals surface area contributed by atoms with Gasteiger partial charge in [0.25, 0.3) is 0 Å². The van der Waals surface area contributed by atoms with E-state index in [4.69, 9.17) is 0 Å². The molecule has 2 heterocycles. The smallest absolute Gasteiger partial charge is 0.123 e. The van der Waals surface area contributed by atoms with Gasteiger partial charge in [-0.25, -0.2) is 4.39 Å². The van der Waals surface area contributed by atoms with Crippen LogP contribution in [0.15, 0.2) is 24.3 Å². The fourth-order valence-corrected chi connectivity index (χ4v) is 4.04. The number of piperidine rings is 1. The van der Waals surface area contributed by atoms with Crippen molar-refractivity contribution in [3.8, 4) is 0 Å². The number of hydrogen-bond acceptors (Lipinski definition) is 2. The molecular weight excluding hydrogens is 239 g/mol. The Balaban J connectivity index is 1.91. The molecule has 0 radical (unpaired) electrons. The molecule has 3 rings (SSSR count). The van der Waals surface area contributed by atoms with E-state index in [9.17, 15) is 4.39 Å². The minimum Gasteiger partial charge on any atom is -0.316 e. The first kappa shape index (κ1) is 13.1. The Morgan fingerprint density at radius 3 is 2.68 bits per heavy atom. The fraction of sp³-hybridized carbons (Fsp3) is 0.625. The molecule has 3 heteroatoms. The molecular formula is C16H23FN2. The Bertz CT molecular complexity index is 433. The maximum atomic E-state index is 13.1. The van der Waals surface area contributed by atoms with Crippen LogP contribution in [0.1, 0.15) is 31.2 Å². The predicted molar refractivity (Wildman–Crippen MR) is 75.8 cm³/mol. The maximum absolute atomic E-state index is 13.1. The summed E-state index contributed by atoms with van der Waals surface area (Å²) in [5, 5.41) is 3.52. The zero-order valence-corrected chi connectivity index (χ0v) is 11.8. The van der Waals surface area contributed by atoms with Crippen molar-refractivity contribution < 1.29 is 4.39 Å². The van der Waals surface area contributed by atoms with E-state index < -0.39 is 0 Å². The van der Waals surface area contributed by atoms with Crippen molar-refractivity contribution in [2.24, 2.45) is 5.41 Å². The second-order valence-electron chi connectivity index (χ2n) is 6.39. The molecule has 2 aliphatic rings. The molecule has 0 amide bonds. The molecule has 1 N–H and O–H groups in total. The zero-order chi connectivity index (χ0) is 13.5. The van der Waals surface area contributed by atoms with Crippen LogP contribution in [0.25, 0.3) is 0 Å². The van der Waals surface area contributed by atoms with Crippen LogP contribution in [-0.4, -0.2) is 37.6 Å². The third-order valence-electron chi connectivity index (χ3n) is 5.18. The highest BCUT2D eigenvalue weighted by Crippen LogP contribution is 2.49. The molecule has 19 heavy (non-hydrogen) atoms. The van der Waals surface area contributed by atoms with Gasteiger partial charge in [-0.15, -0.1) is 0 Å². The second-order valence-corrected chi connectivity index (χ2v) is 6.39. The van der Waals surface area contributed by atoms with Crippen LogP contribution in [-0.2, 0) is 0 Å². The van der Waals surface area contributed by atoms with E-state index in [-0.39, 0.29) is 5.82 Å². The predicted octanol–water partition coefficient (Wildman–Crippen LogP) is 2.61. The van der Waals surface area contributed by atoms with Crippen molar-refractivity contribution in [2.45, 2.75) is 31.7 Å². The van der Waals surface area contributed by atoms with Gasteiger partial charge in [-0.2, -0.15) is 0 Å². The molecule has 3 unspecified atom stereocenters. The Labute approximate surface area is 115 Å². The van der Waals surface area contributed by atoms with E-state index in [1.807, 2.05) is 12.1 Å². The standard InChI is InChI=1S/C16H23FN2/c1-12-9-16(11-19(12)2)7-8-18-10-15(16)13-3-5-14(17)6-4-13/h3-6,12,15,18H,7-11H2,1-2H3. The number of hydrogen-bond donors (Lipinski definition) is 1. The minimum absolute atomic E-state index is 0.140. The monoisotopic (exact) mass is 262 g/mol. The summed E-state index contributed by atoms with van der Waals surface area (Å²) in [6.07, 6.45) is 2.48. The van der Waals surface area contributed by atoms with Crippen LogP contribution in [0.2, 0.25) is 0 Å². The van der Waals surface area contributed by atoms with Gasteiger partial charge in [0, 0.05) is 25.0 Å². The summed E-state index contributed by atoms with van der Waals surface area (Å²) in [7, 11) is 2.23. The molecule has 0 bridgehead atoms. The average Bonchev–Trinajstić information content (AvgIpc) is 2.67. The van der Waals surface area contributed by atoms with Gasteiger partial charge in [0.15, 0.2) is 0 Å². The first-order valence-corrected chi connectivity index (χ1v) is 7.27. The Morgan fingerprint density at radius 1 is 1.32 bits per heavy atom. The van der Waals surface area contributed by atoms with Crippen molar-refractivity contribution >= 4 is 0 Å². The van der Waals surface area contributed by atoms with Crippen molar-refractivity contribution in [1.82, 2.24) is 10.2 Å². The van der Waals surface area contributed by atoms with Gasteiger partial charge in [-0.3, -0.25) is 0 Å². The van der Waals surface area contributed by atoms with E-state index in [1.54, 1.807) is 12.1 Å². The number of likely N-dealkylation sites (tertiary alicyclic amines) is 1. The Hall–Kier alpha value is -0.930. The lowest BCUT2D eigenvalue weighted by Gasteiger charge is -2.42. The molecule has 1 aromatic carbocycles. The van der Waals surface area contributed by atoms with Gasteiger partial charge >= 0.3 is 0 Å². The summed E-state index contributed by atoms with van der Waals surface area (Å²) >= 11 is 0. The zero-order valence-electron chi connectivity index (χ0n) is 11.8. The van der Waals surface area contributed by atoms with Crippen LogP contribution in [0, 0.1) is 11.2 Å². The SMILES string of the molecule is CC1CC2(CCNCC2c2ccc(F)cc2)CN1C. The Kier molecular flexibility index (Phi) is 3.35. The lowest BCUT2D eigenvalue weighted by atomic mass is 9.66. The molecule has 2 fully saturated rings. The van der Waals surface area contributed by atoms with Gasteiger partial charge in [0.2, 0.25) is 0 Å². The molecule has 1 aromatic rings. The van der Waals surface area contributed by atoms with Crippen LogP contribution in [0.5, 0.6) is 0 Å². The molecule has 2 nitrogen and oxygen atoms in total. The van der Waals surface area contributed by atoms with Crippen molar-refractivity contribution in [1.29, 1.82) is 0 Å². The van der Waals surface area contributed by atoms with Crippen LogP contribution >= 0.6 is 0 Å². The summed E-state index contributed by atoms with van der Waals surface area (Å²) in [5.41, 5.74) is 1.66. The van der Waals surface area contributed by atoms with Crippen molar-refractivity contribution in [3.05, 3.63) is 35.6 Å². The third-order valence-corrected chi connectivity index (χ3v) is 5.18. The van der Waals surface area contributed by atoms with E-state index >= 15 is 0 Å². The van der Waals surface area contributed by atoms with E-state index in [2.05, 4.69) is 24.2 Å². The molecule has 3 atom stereocenters. The Morgan fingerprint density at radius 2 is 2.05 bits per heavy atom. The van der Waals surface area contributed by atoms with Gasteiger partial charge < -0.3 is 10.2 Å². The summed E-state index contributed by atoms with van der Waals surface area (Å²) in [6.45, 7) is 5.61. The topological polar surface area (TPSA) is 15.3 Å². The first-order valence-electron chi connectivity index (χ1n) is 7.27. The third kappa shape index (κ3) is 2.30. The number of rotatable bonds is 1. The van der Waals surface area contributed by atoms with Gasteiger partial charge in [0.05, 0.1) is 0 Å². The average molecular weight is 262 g/mol. The fourth-order valence-electron chi connectivity index (χ4n) is 4.04. The van der Waals surface area contributed by atoms with Gasteiger partial charge in [0.1, 0.15) is 5.82 Å². The van der Waals surface area contributed by atoms with Crippen LogP contribution in [0.4, 0.5) is 4.39 Å². The lowest BCUT2D eigenvalue weighted by molar-refractivity contribution is 0.170. The normalized spacial score (nSPS) is 35.9. The highest BCUT2D eigenvalue weighted by molar-refractivity contribution is 5.25. The van der Waals surface area contributed by atoms with Crippen LogP contribution in [0.3, 0.4) is 0 Å². The maximum Gasteiger partial charge on any atom is 0.123 e. The van der Waals surface area contributed by atoms with Gasteiger partial charge in [-0.1, -0.05) is 12.1 Å². The molecule has 104 valence electrons. The first-order chi connectivity index (χ1) is 9.11. The quantitative estimate of drug-likeness (QED) is 0.837. The highest BCUT2D eigenvalue weighted by Gasteiger charge is 2.47. The molecule has 2 aliphatic heterocycles. The minimum atomic E-state index is -0.140. The number of benzene rings is 1. The lowest BCUT2D eigenvalue weighted by Crippen LogP contribution is -2.45. The summed E-state index contributed by atoms with van der Waals surface area (Å²) < 4.78 is 13.1. The van der Waals surface area contributed by atoms with Crippen molar-refractivity contribution in [2.75, 3.05) is 26.7 Å².